The van der Waals surface area contributed by atoms with Crippen LogP contribution in [0.1, 0.15) is 6.42 Å². The van der Waals surface area contributed by atoms with Crippen LogP contribution in [0.5, 0.6) is 0 Å². The fourth-order valence-electron chi connectivity index (χ4n) is 1.06. The predicted octanol–water partition coefficient (Wildman–Crippen LogP) is 0.977. The van der Waals surface area contributed by atoms with Gasteiger partial charge in [-0.15, -0.1) is 0 Å². The average Bonchev–Trinajstić information content (AvgIpc) is 2.09. The molecule has 0 aliphatic heterocycles. The summed E-state index contributed by atoms with van der Waals surface area (Å²) in [5, 5.41) is 6.22. The maximum absolute atomic E-state index is 12.6. The molecular formula is C9H15FN2. The van der Waals surface area contributed by atoms with E-state index in [4.69, 9.17) is 0 Å². The Bertz CT molecular complexity index is 187. The van der Waals surface area contributed by atoms with Gasteiger partial charge in [0.2, 0.25) is 0 Å². The first-order valence-corrected chi connectivity index (χ1v) is 4.24. The van der Waals surface area contributed by atoms with Gasteiger partial charge in [0.05, 0.1) is 0 Å². The van der Waals surface area contributed by atoms with Crippen LogP contribution in [0.25, 0.3) is 0 Å². The molecule has 0 heterocycles. The highest BCUT2D eigenvalue weighted by Gasteiger charge is 2.04. The fourth-order valence-corrected chi connectivity index (χ4v) is 1.06. The molecular weight excluding hydrogens is 155 g/mol. The molecule has 0 aromatic rings. The van der Waals surface area contributed by atoms with Crippen molar-refractivity contribution >= 4 is 0 Å². The normalized spacial score (nSPS) is 22.2. The molecule has 0 amide bonds. The molecule has 12 heavy (non-hydrogen) atoms. The van der Waals surface area contributed by atoms with Gasteiger partial charge in [0.15, 0.2) is 0 Å². The zero-order chi connectivity index (χ0) is 8.81. The smallest absolute Gasteiger partial charge is 0.122 e. The Balaban J connectivity index is 2.21. The molecule has 0 spiro atoms. The number of allylic oxidation sites excluding steroid dienone is 3. The predicted molar refractivity (Wildman–Crippen MR) is 48.7 cm³/mol. The maximum atomic E-state index is 12.6. The lowest BCUT2D eigenvalue weighted by molar-refractivity contribution is 0.399. The third-order valence-electron chi connectivity index (χ3n) is 1.75. The number of hydrogen-bond acceptors (Lipinski definition) is 2. The van der Waals surface area contributed by atoms with Crippen molar-refractivity contribution in [1.82, 2.24) is 10.6 Å². The molecule has 0 aromatic heterocycles. The third-order valence-corrected chi connectivity index (χ3v) is 1.75. The van der Waals surface area contributed by atoms with Crippen molar-refractivity contribution in [3.8, 4) is 0 Å². The van der Waals surface area contributed by atoms with E-state index in [0.717, 1.165) is 18.8 Å². The summed E-state index contributed by atoms with van der Waals surface area (Å²) in [6.07, 6.45) is 4.98. The van der Waals surface area contributed by atoms with Gasteiger partial charge in [0, 0.05) is 25.2 Å². The molecule has 0 bridgehead atoms. The van der Waals surface area contributed by atoms with Gasteiger partial charge in [-0.05, 0) is 19.2 Å². The fraction of sp³-hybridized carbons (Fsp3) is 0.556. The van der Waals surface area contributed by atoms with Crippen LogP contribution in [0.4, 0.5) is 4.39 Å². The van der Waals surface area contributed by atoms with Gasteiger partial charge in [0.1, 0.15) is 6.17 Å². The molecule has 0 radical (unpaired) electrons. The van der Waals surface area contributed by atoms with Gasteiger partial charge in [0.25, 0.3) is 0 Å². The SMILES string of the molecule is CNCCNC1=CCC(F)C=C1. The van der Waals surface area contributed by atoms with Crippen molar-refractivity contribution < 1.29 is 4.39 Å². The number of halogens is 1. The molecule has 2 N–H and O–H groups in total. The first-order chi connectivity index (χ1) is 5.83. The largest absolute Gasteiger partial charge is 0.384 e. The summed E-state index contributed by atoms with van der Waals surface area (Å²) < 4.78 is 12.6. The van der Waals surface area contributed by atoms with Crippen molar-refractivity contribution in [1.29, 1.82) is 0 Å². The summed E-state index contributed by atoms with van der Waals surface area (Å²) in [7, 11) is 1.91. The molecule has 1 unspecified atom stereocenters. The van der Waals surface area contributed by atoms with Crippen LogP contribution < -0.4 is 10.6 Å². The van der Waals surface area contributed by atoms with E-state index in [2.05, 4.69) is 10.6 Å². The Hall–Kier alpha value is -0.830. The van der Waals surface area contributed by atoms with Crippen LogP contribution in [-0.4, -0.2) is 26.3 Å². The van der Waals surface area contributed by atoms with Crippen LogP contribution in [-0.2, 0) is 0 Å². The van der Waals surface area contributed by atoms with Gasteiger partial charge >= 0.3 is 0 Å². The lowest BCUT2D eigenvalue weighted by Crippen LogP contribution is -2.24. The Labute approximate surface area is 72.5 Å². The van der Waals surface area contributed by atoms with Gasteiger partial charge in [-0.2, -0.15) is 0 Å². The zero-order valence-corrected chi connectivity index (χ0v) is 7.31. The number of rotatable bonds is 4. The Kier molecular flexibility index (Phi) is 3.80. The van der Waals surface area contributed by atoms with Crippen molar-refractivity contribution in [2.75, 3.05) is 20.1 Å². The molecule has 1 aliphatic carbocycles. The van der Waals surface area contributed by atoms with Crippen LogP contribution >= 0.6 is 0 Å². The van der Waals surface area contributed by atoms with Crippen molar-refractivity contribution in [2.24, 2.45) is 0 Å². The molecule has 0 saturated carbocycles. The number of nitrogens with one attached hydrogen (secondary N) is 2. The second-order valence-corrected chi connectivity index (χ2v) is 2.80. The van der Waals surface area contributed by atoms with E-state index in [1.54, 1.807) is 12.2 Å². The van der Waals surface area contributed by atoms with Crippen LogP contribution in [0.15, 0.2) is 23.9 Å². The maximum Gasteiger partial charge on any atom is 0.122 e. The quantitative estimate of drug-likeness (QED) is 0.614. The minimum atomic E-state index is -0.792. The third kappa shape index (κ3) is 3.05. The van der Waals surface area contributed by atoms with Crippen molar-refractivity contribution in [3.05, 3.63) is 23.9 Å². The molecule has 2 nitrogen and oxygen atoms in total. The summed E-state index contributed by atoms with van der Waals surface area (Å²) in [6, 6.07) is 0. The Morgan fingerprint density at radius 3 is 3.00 bits per heavy atom. The van der Waals surface area contributed by atoms with Crippen LogP contribution in [0.3, 0.4) is 0 Å². The van der Waals surface area contributed by atoms with Crippen molar-refractivity contribution in [3.63, 3.8) is 0 Å². The Morgan fingerprint density at radius 2 is 2.42 bits per heavy atom. The summed E-state index contributed by atoms with van der Waals surface area (Å²) in [6.45, 7) is 1.80. The van der Waals surface area contributed by atoms with Gasteiger partial charge in [-0.3, -0.25) is 0 Å². The van der Waals surface area contributed by atoms with E-state index >= 15 is 0 Å². The molecule has 0 saturated heterocycles. The summed E-state index contributed by atoms with van der Waals surface area (Å²) in [4.78, 5) is 0. The Morgan fingerprint density at radius 1 is 1.58 bits per heavy atom. The first-order valence-electron chi connectivity index (χ1n) is 4.24. The zero-order valence-electron chi connectivity index (χ0n) is 7.31. The number of alkyl halides is 1. The topological polar surface area (TPSA) is 24.1 Å². The molecule has 0 fully saturated rings. The van der Waals surface area contributed by atoms with Gasteiger partial charge in [-0.25, -0.2) is 4.39 Å². The molecule has 1 atom stereocenters. The number of hydrogen-bond donors (Lipinski definition) is 2. The minimum Gasteiger partial charge on any atom is -0.384 e. The highest BCUT2D eigenvalue weighted by molar-refractivity contribution is 5.22. The second kappa shape index (κ2) is 4.93. The van der Waals surface area contributed by atoms with E-state index in [1.165, 1.54) is 0 Å². The molecule has 68 valence electrons. The summed E-state index contributed by atoms with van der Waals surface area (Å²) in [5.41, 5.74) is 1.03. The monoisotopic (exact) mass is 170 g/mol. The van der Waals surface area contributed by atoms with Crippen LogP contribution in [0, 0.1) is 0 Å². The van der Waals surface area contributed by atoms with Crippen molar-refractivity contribution in [2.45, 2.75) is 12.6 Å². The molecule has 3 heteroatoms. The lowest BCUT2D eigenvalue weighted by atomic mass is 10.1. The highest BCUT2D eigenvalue weighted by Crippen LogP contribution is 2.10. The second-order valence-electron chi connectivity index (χ2n) is 2.80. The minimum absolute atomic E-state index is 0.498. The van der Waals surface area contributed by atoms with E-state index in [-0.39, 0.29) is 0 Å². The molecule has 1 rings (SSSR count). The lowest BCUT2D eigenvalue weighted by Gasteiger charge is -2.11. The van der Waals surface area contributed by atoms with E-state index < -0.39 is 6.17 Å². The first kappa shape index (κ1) is 9.26. The van der Waals surface area contributed by atoms with Crippen LogP contribution in [0.2, 0.25) is 0 Å². The summed E-state index contributed by atoms with van der Waals surface area (Å²) >= 11 is 0. The molecule has 1 aliphatic rings. The van der Waals surface area contributed by atoms with Gasteiger partial charge < -0.3 is 10.6 Å². The van der Waals surface area contributed by atoms with E-state index in [9.17, 15) is 4.39 Å². The average molecular weight is 170 g/mol. The highest BCUT2D eigenvalue weighted by atomic mass is 19.1. The number of likely N-dealkylation sites (N-methyl/N-ethyl adjacent to an activating group) is 1. The van der Waals surface area contributed by atoms with E-state index in [1.807, 2.05) is 13.1 Å². The standard InChI is InChI=1S/C9H15FN2/c1-11-6-7-12-9-4-2-8(10)3-5-9/h2,4-5,8,11-12H,3,6-7H2,1H3. The molecule has 0 aromatic carbocycles. The van der Waals surface area contributed by atoms with E-state index in [0.29, 0.717) is 6.42 Å². The summed E-state index contributed by atoms with van der Waals surface area (Å²) in [5.74, 6) is 0. The van der Waals surface area contributed by atoms with Gasteiger partial charge in [-0.1, -0.05) is 6.08 Å².